The highest BCUT2D eigenvalue weighted by Gasteiger charge is 2.31. The molecule has 1 aromatic heterocycles. The summed E-state index contributed by atoms with van der Waals surface area (Å²) in [5.41, 5.74) is 2.46. The van der Waals surface area contributed by atoms with Gasteiger partial charge in [-0.3, -0.25) is 9.78 Å². The smallest absolute Gasteiger partial charge is 0.265 e. The third kappa shape index (κ3) is 5.45. The van der Waals surface area contributed by atoms with E-state index in [1.165, 1.54) is 17.0 Å². The molecule has 0 bridgehead atoms. The molecule has 6 nitrogen and oxygen atoms in total. The first kappa shape index (κ1) is 27.0. The second kappa shape index (κ2) is 10.9. The monoisotopic (exact) mass is 538 g/mol. The standard InChI is InChI=1S/C30H33F3N4O2/c1-18(2)37-28-14-20(13-25(32)30(28)39-17-29(37)38)23-15-21(34-16-26(23)33)11-19-5-6-27(24(31)12-19)36-9-7-22(8-10-36)35(3)4/h5-6,12-16,18,22H,7-11,17H2,1-4H3. The summed E-state index contributed by atoms with van der Waals surface area (Å²) >= 11 is 0. The maximum atomic E-state index is 15.1. The molecule has 9 heteroatoms. The lowest BCUT2D eigenvalue weighted by atomic mass is 10.00. The van der Waals surface area contributed by atoms with Crippen LogP contribution in [-0.2, 0) is 11.2 Å². The summed E-state index contributed by atoms with van der Waals surface area (Å²) in [6.07, 6.45) is 3.33. The van der Waals surface area contributed by atoms with E-state index < -0.39 is 11.6 Å². The van der Waals surface area contributed by atoms with E-state index in [0.29, 0.717) is 23.0 Å². The maximum Gasteiger partial charge on any atom is 0.265 e. The van der Waals surface area contributed by atoms with Gasteiger partial charge in [0.1, 0.15) is 11.6 Å². The number of carbonyl (C=O) groups excluding carboxylic acids is 1. The van der Waals surface area contributed by atoms with Gasteiger partial charge in [-0.15, -0.1) is 0 Å². The van der Waals surface area contributed by atoms with Gasteiger partial charge in [0.2, 0.25) is 0 Å². The second-order valence-corrected chi connectivity index (χ2v) is 10.8. The molecule has 0 saturated carbocycles. The van der Waals surface area contributed by atoms with Gasteiger partial charge in [0.05, 0.1) is 17.6 Å². The first-order chi connectivity index (χ1) is 18.6. The zero-order chi connectivity index (χ0) is 27.8. The van der Waals surface area contributed by atoms with Crippen LogP contribution in [0.5, 0.6) is 5.75 Å². The van der Waals surface area contributed by atoms with Crippen LogP contribution in [0.25, 0.3) is 11.1 Å². The first-order valence-corrected chi connectivity index (χ1v) is 13.3. The van der Waals surface area contributed by atoms with Gasteiger partial charge in [-0.1, -0.05) is 6.07 Å². The van der Waals surface area contributed by atoms with Crippen LogP contribution in [0.1, 0.15) is 37.9 Å². The number of fused-ring (bicyclic) bond motifs is 1. The minimum atomic E-state index is -0.675. The molecule has 0 N–H and O–H groups in total. The molecule has 39 heavy (non-hydrogen) atoms. The van der Waals surface area contributed by atoms with Crippen LogP contribution in [0, 0.1) is 17.5 Å². The van der Waals surface area contributed by atoms with E-state index >= 15 is 8.78 Å². The van der Waals surface area contributed by atoms with Crippen molar-refractivity contribution in [3.8, 4) is 16.9 Å². The SMILES string of the molecule is CC(C)N1C(=O)COc2c(F)cc(-c3cc(Cc4ccc(N5CCC(N(C)C)CC5)c(F)c4)ncc3F)cc21. The van der Waals surface area contributed by atoms with Crippen LogP contribution in [-0.4, -0.2) is 61.7 Å². The number of benzene rings is 2. The van der Waals surface area contributed by atoms with Gasteiger partial charge in [-0.05, 0) is 82.2 Å². The third-order valence-electron chi connectivity index (χ3n) is 7.56. The molecule has 2 aliphatic rings. The molecule has 0 radical (unpaired) electrons. The predicted molar refractivity (Wildman–Crippen MR) is 146 cm³/mol. The van der Waals surface area contributed by atoms with Gasteiger partial charge >= 0.3 is 0 Å². The van der Waals surface area contributed by atoms with Crippen molar-refractivity contribution in [2.75, 3.05) is 43.6 Å². The van der Waals surface area contributed by atoms with Crippen LogP contribution >= 0.6 is 0 Å². The minimum Gasteiger partial charge on any atom is -0.478 e. The van der Waals surface area contributed by atoms with E-state index in [0.717, 1.165) is 32.1 Å². The molecule has 206 valence electrons. The zero-order valence-electron chi connectivity index (χ0n) is 22.7. The van der Waals surface area contributed by atoms with Crippen LogP contribution in [0.3, 0.4) is 0 Å². The number of aromatic nitrogens is 1. The van der Waals surface area contributed by atoms with Gasteiger partial charge in [0.25, 0.3) is 5.91 Å². The molecule has 1 fully saturated rings. The van der Waals surface area contributed by atoms with Gasteiger partial charge in [0.15, 0.2) is 18.2 Å². The van der Waals surface area contributed by atoms with Crippen molar-refractivity contribution in [1.82, 2.24) is 9.88 Å². The minimum absolute atomic E-state index is 0.0248. The fourth-order valence-corrected chi connectivity index (χ4v) is 5.51. The molecule has 1 amide bonds. The first-order valence-electron chi connectivity index (χ1n) is 13.3. The number of nitrogens with zero attached hydrogens (tertiary/aromatic N) is 4. The maximum absolute atomic E-state index is 15.1. The van der Waals surface area contributed by atoms with Crippen LogP contribution in [0.4, 0.5) is 24.5 Å². The number of hydrogen-bond acceptors (Lipinski definition) is 5. The van der Waals surface area contributed by atoms with Gasteiger partial charge < -0.3 is 19.4 Å². The van der Waals surface area contributed by atoms with Gasteiger partial charge in [-0.25, -0.2) is 13.2 Å². The quantitative estimate of drug-likeness (QED) is 0.420. The Morgan fingerprint density at radius 1 is 1.00 bits per heavy atom. The lowest BCUT2D eigenvalue weighted by Gasteiger charge is -2.36. The number of pyridine rings is 1. The van der Waals surface area contributed by atoms with Crippen LogP contribution < -0.4 is 14.5 Å². The van der Waals surface area contributed by atoms with Crippen molar-refractivity contribution in [3.63, 3.8) is 0 Å². The Morgan fingerprint density at radius 2 is 1.74 bits per heavy atom. The van der Waals surface area contributed by atoms with Crippen molar-refractivity contribution in [2.45, 2.75) is 45.2 Å². The fourth-order valence-electron chi connectivity index (χ4n) is 5.51. The van der Waals surface area contributed by atoms with Crippen molar-refractivity contribution < 1.29 is 22.7 Å². The summed E-state index contributed by atoms with van der Waals surface area (Å²) in [4.78, 5) is 22.4. The summed E-state index contributed by atoms with van der Waals surface area (Å²) < 4.78 is 50.4. The predicted octanol–water partition coefficient (Wildman–Crippen LogP) is 5.42. The Labute approximate surface area is 227 Å². The third-order valence-corrected chi connectivity index (χ3v) is 7.56. The molecular formula is C30H33F3N4O2. The van der Waals surface area contributed by atoms with E-state index in [1.54, 1.807) is 18.2 Å². The number of carbonyl (C=O) groups is 1. The van der Waals surface area contributed by atoms with Crippen molar-refractivity contribution in [2.24, 2.45) is 0 Å². The Balaban J connectivity index is 1.39. The zero-order valence-corrected chi connectivity index (χ0v) is 22.7. The molecule has 0 spiro atoms. The van der Waals surface area contributed by atoms with E-state index in [4.69, 9.17) is 4.74 Å². The normalized spacial score (nSPS) is 16.2. The number of halogens is 3. The van der Waals surface area contributed by atoms with Crippen molar-refractivity contribution in [3.05, 3.63) is 71.3 Å². The number of rotatable bonds is 6. The number of piperidine rings is 1. The molecule has 0 aliphatic carbocycles. The highest BCUT2D eigenvalue weighted by molar-refractivity contribution is 5.99. The largest absolute Gasteiger partial charge is 0.478 e. The van der Waals surface area contributed by atoms with Crippen molar-refractivity contribution >= 4 is 17.3 Å². The average molecular weight is 539 g/mol. The van der Waals surface area contributed by atoms with E-state index in [2.05, 4.69) is 28.9 Å². The van der Waals surface area contributed by atoms with Gasteiger partial charge in [0, 0.05) is 42.9 Å². The van der Waals surface area contributed by atoms with Crippen LogP contribution in [0.2, 0.25) is 0 Å². The number of ether oxygens (including phenoxy) is 1. The highest BCUT2D eigenvalue weighted by atomic mass is 19.1. The Hall–Kier alpha value is -3.59. The highest BCUT2D eigenvalue weighted by Crippen LogP contribution is 2.40. The summed E-state index contributed by atoms with van der Waals surface area (Å²) in [6, 6.07) is 9.73. The topological polar surface area (TPSA) is 48.9 Å². The number of hydrogen-bond donors (Lipinski definition) is 0. The molecule has 5 rings (SSSR count). The summed E-state index contributed by atoms with van der Waals surface area (Å²) in [7, 11) is 4.14. The summed E-state index contributed by atoms with van der Waals surface area (Å²) in [5, 5.41) is 0. The molecule has 3 aromatic rings. The van der Waals surface area contributed by atoms with E-state index in [9.17, 15) is 9.18 Å². The average Bonchev–Trinajstić information content (AvgIpc) is 2.89. The van der Waals surface area contributed by atoms with Gasteiger partial charge in [-0.2, -0.15) is 0 Å². The summed E-state index contributed by atoms with van der Waals surface area (Å²) in [5.74, 6) is -1.92. The second-order valence-electron chi connectivity index (χ2n) is 10.8. The molecule has 1 saturated heterocycles. The number of anilines is 2. The van der Waals surface area contributed by atoms with E-state index in [-0.39, 0.29) is 53.4 Å². The molecule has 3 heterocycles. The molecule has 0 unspecified atom stereocenters. The summed E-state index contributed by atoms with van der Waals surface area (Å²) in [6.45, 7) is 4.98. The Morgan fingerprint density at radius 3 is 2.41 bits per heavy atom. The molecule has 0 atom stereocenters. The Bertz CT molecular complexity index is 1390. The molecule has 2 aliphatic heterocycles. The Kier molecular flexibility index (Phi) is 7.53. The fraction of sp³-hybridized carbons (Fsp3) is 0.400. The lowest BCUT2D eigenvalue weighted by molar-refractivity contribution is -0.121. The molecular weight excluding hydrogens is 505 g/mol. The van der Waals surface area contributed by atoms with E-state index in [1.807, 2.05) is 19.9 Å². The molecule has 2 aromatic carbocycles. The lowest BCUT2D eigenvalue weighted by Crippen LogP contribution is -2.43. The number of amides is 1. The van der Waals surface area contributed by atoms with Crippen LogP contribution in [0.15, 0.2) is 42.6 Å². The van der Waals surface area contributed by atoms with Crippen molar-refractivity contribution in [1.29, 1.82) is 0 Å².